The Morgan fingerprint density at radius 1 is 1.19 bits per heavy atom. The molecule has 0 spiro atoms. The average molecular weight is 388 g/mol. The molecule has 0 bridgehead atoms. The van der Waals surface area contributed by atoms with E-state index in [1.165, 1.54) is 47.5 Å². The first kappa shape index (κ1) is 17.6. The minimum atomic E-state index is -4.75. The standard InChI is InChI=1S/C18H14FN2O5P/c19-11-5-3-10(4-6-11)8-21-9-13-14(18(21)23)16(22)15-12(2-1-7-20-15)17(13)27(24,25)26/h1-7,22H,8-9H2,(H2,24,25,26). The first-order chi connectivity index (χ1) is 12.8. The van der Waals surface area contributed by atoms with Crippen molar-refractivity contribution in [2.45, 2.75) is 13.1 Å². The number of hydrogen-bond donors (Lipinski definition) is 3. The van der Waals surface area contributed by atoms with Crippen molar-refractivity contribution in [1.29, 1.82) is 0 Å². The Kier molecular flexibility index (Phi) is 3.99. The van der Waals surface area contributed by atoms with E-state index in [4.69, 9.17) is 0 Å². The number of benzene rings is 2. The lowest BCUT2D eigenvalue weighted by Crippen LogP contribution is -2.23. The van der Waals surface area contributed by atoms with Crippen LogP contribution in [0.4, 0.5) is 4.39 Å². The van der Waals surface area contributed by atoms with E-state index in [1.54, 1.807) is 0 Å². The van der Waals surface area contributed by atoms with E-state index < -0.39 is 25.1 Å². The number of phenolic OH excluding ortho intramolecular Hbond substituents is 1. The maximum Gasteiger partial charge on any atom is 0.357 e. The molecule has 0 atom stereocenters. The van der Waals surface area contributed by atoms with Crippen LogP contribution in [0.5, 0.6) is 5.75 Å². The number of halogens is 1. The van der Waals surface area contributed by atoms with Gasteiger partial charge in [-0.15, -0.1) is 0 Å². The molecule has 0 radical (unpaired) electrons. The molecule has 1 aromatic heterocycles. The third-order valence-electron chi connectivity index (χ3n) is 4.54. The smallest absolute Gasteiger partial charge is 0.357 e. The molecule has 1 aliphatic heterocycles. The summed E-state index contributed by atoms with van der Waals surface area (Å²) in [5.41, 5.74) is 0.555. The van der Waals surface area contributed by atoms with E-state index in [0.717, 1.165) is 0 Å². The number of carbonyl (C=O) groups excluding carboxylic acids is 1. The Hall–Kier alpha value is -2.80. The average Bonchev–Trinajstić information content (AvgIpc) is 2.92. The summed E-state index contributed by atoms with van der Waals surface area (Å²) >= 11 is 0. The molecule has 2 heterocycles. The highest BCUT2D eigenvalue weighted by Gasteiger charge is 2.39. The van der Waals surface area contributed by atoms with Crippen LogP contribution in [0, 0.1) is 5.82 Å². The van der Waals surface area contributed by atoms with Crippen LogP contribution in [0.15, 0.2) is 42.6 Å². The van der Waals surface area contributed by atoms with Crippen molar-refractivity contribution in [3.8, 4) is 5.75 Å². The summed E-state index contributed by atoms with van der Waals surface area (Å²) in [5.74, 6) is -1.37. The van der Waals surface area contributed by atoms with Crippen LogP contribution in [0.2, 0.25) is 0 Å². The Balaban J connectivity index is 1.87. The normalized spacial score (nSPS) is 14.0. The molecule has 3 aromatic rings. The predicted molar refractivity (Wildman–Crippen MR) is 95.1 cm³/mol. The second-order valence-corrected chi connectivity index (χ2v) is 7.82. The third kappa shape index (κ3) is 2.88. The molecule has 7 nitrogen and oxygen atoms in total. The number of carbonyl (C=O) groups is 1. The summed E-state index contributed by atoms with van der Waals surface area (Å²) in [5, 5.41) is 10.4. The van der Waals surface area contributed by atoms with Gasteiger partial charge in [-0.2, -0.15) is 0 Å². The molecule has 2 aromatic carbocycles. The van der Waals surface area contributed by atoms with Gasteiger partial charge in [-0.1, -0.05) is 18.2 Å². The lowest BCUT2D eigenvalue weighted by atomic mass is 10.0. The highest BCUT2D eigenvalue weighted by Crippen LogP contribution is 2.44. The van der Waals surface area contributed by atoms with Crippen molar-refractivity contribution in [3.63, 3.8) is 0 Å². The summed E-state index contributed by atoms with van der Waals surface area (Å²) < 4.78 is 25.2. The molecule has 0 unspecified atom stereocenters. The molecule has 0 saturated carbocycles. The monoisotopic (exact) mass is 388 g/mol. The zero-order chi connectivity index (χ0) is 19.3. The van der Waals surface area contributed by atoms with Crippen molar-refractivity contribution >= 4 is 29.7 Å². The summed E-state index contributed by atoms with van der Waals surface area (Å²) in [6.07, 6.45) is 1.37. The van der Waals surface area contributed by atoms with E-state index in [9.17, 15) is 28.6 Å². The van der Waals surface area contributed by atoms with Gasteiger partial charge in [-0.05, 0) is 23.8 Å². The molecular formula is C18H14FN2O5P. The molecule has 9 heteroatoms. The van der Waals surface area contributed by atoms with Gasteiger partial charge in [0.05, 0.1) is 10.9 Å². The van der Waals surface area contributed by atoms with Gasteiger partial charge in [0, 0.05) is 30.2 Å². The fourth-order valence-electron chi connectivity index (χ4n) is 3.40. The molecule has 0 aliphatic carbocycles. The van der Waals surface area contributed by atoms with Gasteiger partial charge in [-0.3, -0.25) is 14.3 Å². The van der Waals surface area contributed by atoms with Crippen LogP contribution in [0.3, 0.4) is 0 Å². The molecule has 3 N–H and O–H groups in total. The number of phenols is 1. The highest BCUT2D eigenvalue weighted by atomic mass is 31.2. The Bertz CT molecular complexity index is 1130. The van der Waals surface area contributed by atoms with Crippen molar-refractivity contribution in [2.75, 3.05) is 0 Å². The zero-order valence-corrected chi connectivity index (χ0v) is 14.7. The molecule has 0 fully saturated rings. The van der Waals surface area contributed by atoms with Crippen molar-refractivity contribution in [1.82, 2.24) is 9.88 Å². The number of rotatable bonds is 3. The number of nitrogens with zero attached hydrogens (tertiary/aromatic N) is 2. The maximum atomic E-state index is 13.1. The van der Waals surface area contributed by atoms with Gasteiger partial charge < -0.3 is 19.8 Å². The third-order valence-corrected chi connectivity index (χ3v) is 5.63. The van der Waals surface area contributed by atoms with Crippen molar-refractivity contribution in [2.24, 2.45) is 0 Å². The summed E-state index contributed by atoms with van der Waals surface area (Å²) in [6, 6.07) is 8.52. The maximum absolute atomic E-state index is 13.1. The number of aromatic nitrogens is 1. The minimum Gasteiger partial charge on any atom is -0.505 e. The largest absolute Gasteiger partial charge is 0.505 e. The fourth-order valence-corrected chi connectivity index (χ4v) is 4.43. The lowest BCUT2D eigenvalue weighted by Gasteiger charge is -2.16. The van der Waals surface area contributed by atoms with Crippen LogP contribution in [-0.2, 0) is 17.7 Å². The van der Waals surface area contributed by atoms with E-state index in [-0.39, 0.29) is 40.4 Å². The molecular weight excluding hydrogens is 374 g/mol. The predicted octanol–water partition coefficient (Wildman–Crippen LogP) is 2.04. The fraction of sp³-hybridized carbons (Fsp3) is 0.111. The molecule has 1 amide bonds. The van der Waals surface area contributed by atoms with Crippen LogP contribution >= 0.6 is 7.60 Å². The number of aromatic hydroxyl groups is 1. The first-order valence-electron chi connectivity index (χ1n) is 7.99. The van der Waals surface area contributed by atoms with Gasteiger partial charge in [0.1, 0.15) is 11.3 Å². The number of hydrogen-bond acceptors (Lipinski definition) is 4. The zero-order valence-electron chi connectivity index (χ0n) is 13.8. The van der Waals surface area contributed by atoms with Crippen LogP contribution in [-0.4, -0.2) is 30.7 Å². The quantitative estimate of drug-likeness (QED) is 0.592. The Morgan fingerprint density at radius 3 is 2.56 bits per heavy atom. The minimum absolute atomic E-state index is 0.0356. The van der Waals surface area contributed by atoms with Gasteiger partial charge in [0.2, 0.25) is 0 Å². The van der Waals surface area contributed by atoms with Crippen molar-refractivity contribution < 1.29 is 28.6 Å². The molecule has 27 heavy (non-hydrogen) atoms. The first-order valence-corrected chi connectivity index (χ1v) is 9.61. The van der Waals surface area contributed by atoms with E-state index in [2.05, 4.69) is 4.98 Å². The Labute approximate surface area is 152 Å². The van der Waals surface area contributed by atoms with Gasteiger partial charge in [0.15, 0.2) is 5.75 Å². The summed E-state index contributed by atoms with van der Waals surface area (Å²) in [7, 11) is -4.75. The summed E-state index contributed by atoms with van der Waals surface area (Å²) in [4.78, 5) is 37.9. The molecule has 138 valence electrons. The van der Waals surface area contributed by atoms with E-state index in [1.807, 2.05) is 0 Å². The van der Waals surface area contributed by atoms with E-state index >= 15 is 0 Å². The van der Waals surface area contributed by atoms with Gasteiger partial charge >= 0.3 is 7.60 Å². The number of fused-ring (bicyclic) bond motifs is 2. The molecule has 1 aliphatic rings. The topological polar surface area (TPSA) is 111 Å². The second kappa shape index (κ2) is 6.13. The van der Waals surface area contributed by atoms with Crippen LogP contribution in [0.25, 0.3) is 10.9 Å². The van der Waals surface area contributed by atoms with E-state index in [0.29, 0.717) is 5.56 Å². The number of pyridine rings is 1. The highest BCUT2D eigenvalue weighted by molar-refractivity contribution is 7.61. The van der Waals surface area contributed by atoms with Crippen LogP contribution in [0.1, 0.15) is 21.5 Å². The Morgan fingerprint density at radius 2 is 1.89 bits per heavy atom. The number of amides is 1. The lowest BCUT2D eigenvalue weighted by molar-refractivity contribution is 0.0764. The SMILES string of the molecule is O=C1c2c(c(P(=O)(O)O)c3cccnc3c2O)CN1Cc1ccc(F)cc1. The molecule has 0 saturated heterocycles. The van der Waals surface area contributed by atoms with Crippen molar-refractivity contribution in [3.05, 3.63) is 65.1 Å². The second-order valence-electron chi connectivity index (χ2n) is 6.28. The summed E-state index contributed by atoms with van der Waals surface area (Å²) in [6.45, 7) is 0.0297. The molecule has 4 rings (SSSR count). The van der Waals surface area contributed by atoms with Crippen LogP contribution < -0.4 is 5.30 Å². The van der Waals surface area contributed by atoms with Gasteiger partial charge in [-0.25, -0.2) is 4.39 Å². The van der Waals surface area contributed by atoms with Gasteiger partial charge in [0.25, 0.3) is 5.91 Å².